The second kappa shape index (κ2) is 4.53. The maximum atomic E-state index is 5.68. The zero-order valence-electron chi connectivity index (χ0n) is 9.56. The number of nitrogens with zero attached hydrogens (tertiary/aromatic N) is 1. The Morgan fingerprint density at radius 3 is 2.94 bits per heavy atom. The molecule has 0 aliphatic rings. The van der Waals surface area contributed by atoms with E-state index in [1.807, 2.05) is 18.2 Å². The van der Waals surface area contributed by atoms with Crippen molar-refractivity contribution in [2.45, 2.75) is 19.3 Å². The number of aromatic nitrogens is 1. The van der Waals surface area contributed by atoms with Crippen molar-refractivity contribution in [3.8, 4) is 5.75 Å². The number of rotatable bonds is 4. The first-order valence-corrected chi connectivity index (χ1v) is 5.43. The average molecular weight is 220 g/mol. The maximum absolute atomic E-state index is 5.68. The van der Waals surface area contributed by atoms with Gasteiger partial charge in [-0.1, -0.05) is 6.92 Å². The molecule has 1 aromatic carbocycles. The quantitative estimate of drug-likeness (QED) is 0.858. The van der Waals surface area contributed by atoms with E-state index < -0.39 is 0 Å². The van der Waals surface area contributed by atoms with E-state index in [0.717, 1.165) is 23.3 Å². The Bertz CT molecular complexity index is 475. The number of benzene rings is 1. The van der Waals surface area contributed by atoms with Gasteiger partial charge in [0.25, 0.3) is 0 Å². The van der Waals surface area contributed by atoms with Crippen molar-refractivity contribution in [1.82, 2.24) is 4.98 Å². The van der Waals surface area contributed by atoms with Gasteiger partial charge in [0.05, 0.1) is 7.11 Å². The Morgan fingerprint density at radius 1 is 1.50 bits per heavy atom. The minimum absolute atomic E-state index is 0.193. The van der Waals surface area contributed by atoms with Crippen molar-refractivity contribution >= 4 is 11.1 Å². The molecule has 2 rings (SSSR count). The van der Waals surface area contributed by atoms with Gasteiger partial charge < -0.3 is 14.9 Å². The van der Waals surface area contributed by atoms with Crippen LogP contribution in [0.3, 0.4) is 0 Å². The molecule has 0 radical (unpaired) electrons. The van der Waals surface area contributed by atoms with E-state index in [1.54, 1.807) is 7.11 Å². The van der Waals surface area contributed by atoms with Gasteiger partial charge in [-0.2, -0.15) is 0 Å². The molecule has 1 unspecified atom stereocenters. The van der Waals surface area contributed by atoms with Crippen LogP contribution in [0.1, 0.15) is 25.2 Å². The number of ether oxygens (including phenoxy) is 1. The molecule has 2 N–H and O–H groups in total. The predicted molar refractivity (Wildman–Crippen MR) is 62.6 cm³/mol. The Labute approximate surface area is 94.4 Å². The highest BCUT2D eigenvalue weighted by Gasteiger charge is 2.15. The monoisotopic (exact) mass is 220 g/mol. The Hall–Kier alpha value is -1.55. The van der Waals surface area contributed by atoms with E-state index in [0.29, 0.717) is 12.4 Å². The number of hydrogen-bond donors (Lipinski definition) is 1. The van der Waals surface area contributed by atoms with Crippen LogP contribution in [0.5, 0.6) is 5.75 Å². The molecule has 0 saturated heterocycles. The fraction of sp³-hybridized carbons (Fsp3) is 0.417. The largest absolute Gasteiger partial charge is 0.497 e. The topological polar surface area (TPSA) is 61.3 Å². The van der Waals surface area contributed by atoms with Gasteiger partial charge in [-0.3, -0.25) is 0 Å². The first-order chi connectivity index (χ1) is 7.78. The number of nitrogens with two attached hydrogens (primary N) is 1. The van der Waals surface area contributed by atoms with Crippen LogP contribution in [0, 0.1) is 0 Å². The molecule has 86 valence electrons. The highest BCUT2D eigenvalue weighted by Crippen LogP contribution is 2.25. The Balaban J connectivity index is 2.43. The summed E-state index contributed by atoms with van der Waals surface area (Å²) in [5.41, 5.74) is 7.27. The Morgan fingerprint density at radius 2 is 2.31 bits per heavy atom. The highest BCUT2D eigenvalue weighted by molar-refractivity contribution is 5.74. The van der Waals surface area contributed by atoms with Crippen molar-refractivity contribution in [3.05, 3.63) is 24.1 Å². The summed E-state index contributed by atoms with van der Waals surface area (Å²) in [5.74, 6) is 1.68. The van der Waals surface area contributed by atoms with E-state index in [1.165, 1.54) is 0 Å². The maximum Gasteiger partial charge on any atom is 0.199 e. The van der Waals surface area contributed by atoms with Gasteiger partial charge in [0.1, 0.15) is 11.3 Å². The minimum atomic E-state index is 0.193. The van der Waals surface area contributed by atoms with Crippen LogP contribution in [-0.4, -0.2) is 18.6 Å². The van der Waals surface area contributed by atoms with Crippen LogP contribution in [-0.2, 0) is 0 Å². The molecular weight excluding hydrogens is 204 g/mol. The van der Waals surface area contributed by atoms with E-state index in [4.69, 9.17) is 14.9 Å². The molecule has 1 heterocycles. The molecule has 1 aromatic heterocycles. The highest BCUT2D eigenvalue weighted by atomic mass is 16.5. The molecule has 0 spiro atoms. The molecule has 0 bridgehead atoms. The molecule has 4 nitrogen and oxygen atoms in total. The summed E-state index contributed by atoms with van der Waals surface area (Å²) in [5, 5.41) is 0. The predicted octanol–water partition coefficient (Wildman–Crippen LogP) is 2.29. The first-order valence-electron chi connectivity index (χ1n) is 5.43. The first kappa shape index (κ1) is 11.0. The summed E-state index contributed by atoms with van der Waals surface area (Å²) < 4.78 is 10.8. The van der Waals surface area contributed by atoms with Crippen LogP contribution in [0.15, 0.2) is 22.6 Å². The van der Waals surface area contributed by atoms with Gasteiger partial charge in [-0.15, -0.1) is 0 Å². The fourth-order valence-corrected chi connectivity index (χ4v) is 1.67. The minimum Gasteiger partial charge on any atom is -0.497 e. The van der Waals surface area contributed by atoms with Crippen molar-refractivity contribution in [2.24, 2.45) is 5.73 Å². The standard InChI is InChI=1S/C12H16N2O2/c1-3-8(7-13)12-14-10-5-4-9(15-2)6-11(10)16-12/h4-6,8H,3,7,13H2,1-2H3. The van der Waals surface area contributed by atoms with Gasteiger partial charge in [0.2, 0.25) is 0 Å². The molecule has 0 amide bonds. The molecule has 0 aliphatic carbocycles. The normalized spacial score (nSPS) is 12.9. The van der Waals surface area contributed by atoms with Gasteiger partial charge in [0, 0.05) is 18.5 Å². The lowest BCUT2D eigenvalue weighted by atomic mass is 10.1. The van der Waals surface area contributed by atoms with Crippen LogP contribution in [0.25, 0.3) is 11.1 Å². The number of oxazole rings is 1. The summed E-state index contributed by atoms with van der Waals surface area (Å²) >= 11 is 0. The lowest BCUT2D eigenvalue weighted by Gasteiger charge is -2.05. The summed E-state index contributed by atoms with van der Waals surface area (Å²) in [6.07, 6.45) is 0.931. The third-order valence-corrected chi connectivity index (χ3v) is 2.74. The van der Waals surface area contributed by atoms with Gasteiger partial charge in [0.15, 0.2) is 11.5 Å². The van der Waals surface area contributed by atoms with E-state index in [9.17, 15) is 0 Å². The summed E-state index contributed by atoms with van der Waals surface area (Å²) in [4.78, 5) is 4.43. The molecule has 1 atom stereocenters. The van der Waals surface area contributed by atoms with Crippen LogP contribution >= 0.6 is 0 Å². The summed E-state index contributed by atoms with van der Waals surface area (Å²) in [6, 6.07) is 5.61. The fourth-order valence-electron chi connectivity index (χ4n) is 1.67. The van der Waals surface area contributed by atoms with E-state index in [2.05, 4.69) is 11.9 Å². The molecule has 0 saturated carbocycles. The van der Waals surface area contributed by atoms with Crippen molar-refractivity contribution in [1.29, 1.82) is 0 Å². The van der Waals surface area contributed by atoms with Crippen LogP contribution < -0.4 is 10.5 Å². The third-order valence-electron chi connectivity index (χ3n) is 2.74. The van der Waals surface area contributed by atoms with E-state index in [-0.39, 0.29) is 5.92 Å². The Kier molecular flexibility index (Phi) is 3.10. The SMILES string of the molecule is CCC(CN)c1nc2ccc(OC)cc2o1. The smallest absolute Gasteiger partial charge is 0.199 e. The second-order valence-corrected chi connectivity index (χ2v) is 3.73. The second-order valence-electron chi connectivity index (χ2n) is 3.73. The summed E-state index contributed by atoms with van der Waals surface area (Å²) in [7, 11) is 1.63. The van der Waals surface area contributed by atoms with Crippen molar-refractivity contribution < 1.29 is 9.15 Å². The molecule has 2 aromatic rings. The van der Waals surface area contributed by atoms with Gasteiger partial charge in [-0.05, 0) is 18.6 Å². The lowest BCUT2D eigenvalue weighted by molar-refractivity contribution is 0.413. The molecule has 0 aliphatic heterocycles. The van der Waals surface area contributed by atoms with E-state index >= 15 is 0 Å². The van der Waals surface area contributed by atoms with Crippen molar-refractivity contribution in [2.75, 3.05) is 13.7 Å². The zero-order chi connectivity index (χ0) is 11.5. The van der Waals surface area contributed by atoms with Crippen molar-refractivity contribution in [3.63, 3.8) is 0 Å². The molecule has 0 fully saturated rings. The lowest BCUT2D eigenvalue weighted by Crippen LogP contribution is -2.11. The third kappa shape index (κ3) is 1.88. The number of fused-ring (bicyclic) bond motifs is 1. The van der Waals surface area contributed by atoms with Gasteiger partial charge in [-0.25, -0.2) is 4.98 Å². The van der Waals surface area contributed by atoms with Crippen LogP contribution in [0.4, 0.5) is 0 Å². The zero-order valence-corrected chi connectivity index (χ0v) is 9.56. The number of hydrogen-bond acceptors (Lipinski definition) is 4. The molecule has 4 heteroatoms. The molecular formula is C12H16N2O2. The molecule has 16 heavy (non-hydrogen) atoms. The summed E-state index contributed by atoms with van der Waals surface area (Å²) in [6.45, 7) is 2.63. The van der Waals surface area contributed by atoms with Gasteiger partial charge >= 0.3 is 0 Å². The van der Waals surface area contributed by atoms with Crippen LogP contribution in [0.2, 0.25) is 0 Å². The average Bonchev–Trinajstić information content (AvgIpc) is 2.72. The number of methoxy groups -OCH3 is 1.